The summed E-state index contributed by atoms with van der Waals surface area (Å²) in [6.07, 6.45) is 8.01. The average molecular weight is 449 g/mol. The minimum Gasteiger partial charge on any atom is -0.508 e. The van der Waals surface area contributed by atoms with Crippen molar-refractivity contribution in [1.29, 1.82) is 0 Å². The molecule has 4 nitrogen and oxygen atoms in total. The van der Waals surface area contributed by atoms with E-state index in [-0.39, 0.29) is 24.0 Å². The number of thioether (sulfide) groups is 1. The van der Waals surface area contributed by atoms with E-state index in [0.717, 1.165) is 30.6 Å². The van der Waals surface area contributed by atoms with Crippen LogP contribution in [0.5, 0.6) is 5.75 Å². The van der Waals surface area contributed by atoms with Crippen LogP contribution in [0.25, 0.3) is 0 Å². The Labute approximate surface area is 160 Å². The first-order valence-corrected chi connectivity index (χ1v) is 9.28. The van der Waals surface area contributed by atoms with Gasteiger partial charge in [0.2, 0.25) is 0 Å². The number of nitrogens with zero attached hydrogens (tertiary/aromatic N) is 1. The summed E-state index contributed by atoms with van der Waals surface area (Å²) in [7, 11) is 1.83. The number of hydrogen-bond acceptors (Lipinski definition) is 3. The smallest absolute Gasteiger partial charge is 0.191 e. The Hall–Kier alpha value is -0.630. The Morgan fingerprint density at radius 1 is 1.30 bits per heavy atom. The predicted octanol–water partition coefficient (Wildman–Crippen LogP) is 3.39. The minimum absolute atomic E-state index is 0. The summed E-state index contributed by atoms with van der Waals surface area (Å²) in [6, 6.07) is 7.99. The molecular weight excluding hydrogens is 421 g/mol. The van der Waals surface area contributed by atoms with Gasteiger partial charge in [-0.1, -0.05) is 12.1 Å². The Kier molecular flexibility index (Phi) is 9.78. The third kappa shape index (κ3) is 7.20. The van der Waals surface area contributed by atoms with E-state index in [1.54, 1.807) is 12.1 Å². The number of aromatic hydroxyl groups is 1. The first-order chi connectivity index (χ1) is 10.7. The molecule has 0 heterocycles. The first-order valence-electron chi connectivity index (χ1n) is 7.99. The highest BCUT2D eigenvalue weighted by Crippen LogP contribution is 2.27. The molecule has 1 aliphatic rings. The molecule has 2 unspecified atom stereocenters. The molecule has 1 fully saturated rings. The van der Waals surface area contributed by atoms with Crippen molar-refractivity contribution >= 4 is 41.7 Å². The predicted molar refractivity (Wildman–Crippen MR) is 111 cm³/mol. The molecule has 3 N–H and O–H groups in total. The van der Waals surface area contributed by atoms with Crippen molar-refractivity contribution in [3.8, 4) is 5.75 Å². The number of aliphatic imine (C=N–C) groups is 1. The molecule has 1 aromatic rings. The van der Waals surface area contributed by atoms with Gasteiger partial charge in [0, 0.05) is 24.9 Å². The van der Waals surface area contributed by atoms with Gasteiger partial charge in [-0.15, -0.1) is 24.0 Å². The van der Waals surface area contributed by atoms with Gasteiger partial charge in [-0.2, -0.15) is 11.8 Å². The fraction of sp³-hybridized carbons (Fsp3) is 0.588. The van der Waals surface area contributed by atoms with Crippen molar-refractivity contribution in [2.45, 2.75) is 43.4 Å². The van der Waals surface area contributed by atoms with Crippen molar-refractivity contribution in [1.82, 2.24) is 10.6 Å². The molecule has 2 rings (SSSR count). The second-order valence-electron chi connectivity index (χ2n) is 5.78. The zero-order chi connectivity index (χ0) is 15.8. The Balaban J connectivity index is 0.00000264. The van der Waals surface area contributed by atoms with Crippen LogP contribution in [0.2, 0.25) is 0 Å². The average Bonchev–Trinajstić information content (AvgIpc) is 2.99. The second-order valence-corrected chi connectivity index (χ2v) is 6.92. The largest absolute Gasteiger partial charge is 0.508 e. The third-order valence-corrected chi connectivity index (χ3v) is 5.25. The lowest BCUT2D eigenvalue weighted by atomic mass is 10.1. The highest BCUT2D eigenvalue weighted by Gasteiger charge is 2.24. The molecule has 0 amide bonds. The molecule has 6 heteroatoms. The molecule has 1 saturated carbocycles. The van der Waals surface area contributed by atoms with Crippen LogP contribution < -0.4 is 10.6 Å². The molecule has 1 aromatic carbocycles. The van der Waals surface area contributed by atoms with Gasteiger partial charge in [-0.05, 0) is 56.1 Å². The zero-order valence-electron chi connectivity index (χ0n) is 13.9. The molecule has 23 heavy (non-hydrogen) atoms. The topological polar surface area (TPSA) is 56.7 Å². The van der Waals surface area contributed by atoms with E-state index in [1.165, 1.54) is 24.8 Å². The van der Waals surface area contributed by atoms with Crippen molar-refractivity contribution < 1.29 is 5.11 Å². The van der Waals surface area contributed by atoms with E-state index < -0.39 is 0 Å². The number of nitrogens with one attached hydrogen (secondary N) is 2. The first kappa shape index (κ1) is 20.4. The number of benzene rings is 1. The van der Waals surface area contributed by atoms with E-state index in [9.17, 15) is 5.11 Å². The van der Waals surface area contributed by atoms with Crippen molar-refractivity contribution in [3.63, 3.8) is 0 Å². The molecular formula is C17H28IN3OS. The number of halogens is 1. The van der Waals surface area contributed by atoms with Crippen molar-refractivity contribution in [2.75, 3.05) is 19.8 Å². The number of rotatable bonds is 6. The maximum atomic E-state index is 9.27. The second kappa shape index (κ2) is 11.0. The fourth-order valence-electron chi connectivity index (χ4n) is 2.84. The zero-order valence-corrected chi connectivity index (χ0v) is 17.1. The number of hydrogen-bond donors (Lipinski definition) is 3. The number of phenolic OH excluding ortho intramolecular Hbond substituents is 1. The molecule has 0 radical (unpaired) electrons. The van der Waals surface area contributed by atoms with Crippen LogP contribution in [0.1, 0.15) is 31.2 Å². The molecule has 0 spiro atoms. The number of phenols is 1. The molecule has 0 bridgehead atoms. The minimum atomic E-state index is 0. The van der Waals surface area contributed by atoms with Gasteiger partial charge in [0.25, 0.3) is 0 Å². The summed E-state index contributed by atoms with van der Waals surface area (Å²) in [5.74, 6) is 1.24. The molecule has 0 aromatic heterocycles. The van der Waals surface area contributed by atoms with Crippen LogP contribution >= 0.6 is 35.7 Å². The summed E-state index contributed by atoms with van der Waals surface area (Å²) in [6.45, 7) is 0.902. The van der Waals surface area contributed by atoms with Gasteiger partial charge in [0.1, 0.15) is 5.75 Å². The van der Waals surface area contributed by atoms with Crippen molar-refractivity contribution in [3.05, 3.63) is 29.8 Å². The Morgan fingerprint density at radius 2 is 2.04 bits per heavy atom. The summed E-state index contributed by atoms with van der Waals surface area (Å²) in [4.78, 5) is 4.31. The van der Waals surface area contributed by atoms with Gasteiger partial charge >= 0.3 is 0 Å². The quantitative estimate of drug-likeness (QED) is 0.270. The van der Waals surface area contributed by atoms with E-state index in [4.69, 9.17) is 0 Å². The molecule has 0 saturated heterocycles. The highest BCUT2D eigenvalue weighted by atomic mass is 127. The molecule has 130 valence electrons. The van der Waals surface area contributed by atoms with E-state index in [0.29, 0.717) is 11.8 Å². The lowest BCUT2D eigenvalue weighted by Crippen LogP contribution is -2.42. The normalized spacial score (nSPS) is 20.9. The molecule has 0 aliphatic heterocycles. The number of guanidine groups is 1. The van der Waals surface area contributed by atoms with Crippen molar-refractivity contribution in [2.24, 2.45) is 4.99 Å². The maximum Gasteiger partial charge on any atom is 0.191 e. The van der Waals surface area contributed by atoms with Crippen LogP contribution in [0, 0.1) is 0 Å². The standard InChI is InChI=1S/C17H27N3OS.HI/c1-18-17(20-14-7-10-16(12-14)22-2)19-11-3-4-13-5-8-15(21)9-6-13;/h5-6,8-9,14,16,21H,3-4,7,10-12H2,1-2H3,(H2,18,19,20);1H. The van der Waals surface area contributed by atoms with Gasteiger partial charge in [0.05, 0.1) is 0 Å². The summed E-state index contributed by atoms with van der Waals surface area (Å²) < 4.78 is 0. The molecule has 2 atom stereocenters. The molecule has 1 aliphatic carbocycles. The van der Waals surface area contributed by atoms with Gasteiger partial charge in [0.15, 0.2) is 5.96 Å². The monoisotopic (exact) mass is 449 g/mol. The van der Waals surface area contributed by atoms with Crippen LogP contribution in [0.15, 0.2) is 29.3 Å². The number of aryl methyl sites for hydroxylation is 1. The summed E-state index contributed by atoms with van der Waals surface area (Å²) in [5, 5.41) is 17.0. The van der Waals surface area contributed by atoms with Gasteiger partial charge in [-0.3, -0.25) is 4.99 Å². The van der Waals surface area contributed by atoms with E-state index in [2.05, 4.69) is 21.9 Å². The van der Waals surface area contributed by atoms with E-state index in [1.807, 2.05) is 30.9 Å². The van der Waals surface area contributed by atoms with Gasteiger partial charge in [-0.25, -0.2) is 0 Å². The SMILES string of the molecule is CN=C(NCCCc1ccc(O)cc1)NC1CCC(SC)C1.I. The van der Waals surface area contributed by atoms with Crippen LogP contribution in [0.4, 0.5) is 0 Å². The lowest BCUT2D eigenvalue weighted by molar-refractivity contribution is 0.475. The van der Waals surface area contributed by atoms with Crippen LogP contribution in [0.3, 0.4) is 0 Å². The fourth-order valence-corrected chi connectivity index (χ4v) is 3.63. The van der Waals surface area contributed by atoms with Crippen LogP contribution in [-0.4, -0.2) is 42.2 Å². The Bertz CT molecular complexity index is 481. The van der Waals surface area contributed by atoms with E-state index >= 15 is 0 Å². The van der Waals surface area contributed by atoms with Gasteiger partial charge < -0.3 is 15.7 Å². The summed E-state index contributed by atoms with van der Waals surface area (Å²) in [5.41, 5.74) is 1.25. The third-order valence-electron chi connectivity index (χ3n) is 4.15. The Morgan fingerprint density at radius 3 is 2.65 bits per heavy atom. The highest BCUT2D eigenvalue weighted by molar-refractivity contribution is 14.0. The lowest BCUT2D eigenvalue weighted by Gasteiger charge is -2.17. The maximum absolute atomic E-state index is 9.27. The summed E-state index contributed by atoms with van der Waals surface area (Å²) >= 11 is 1.97. The van der Waals surface area contributed by atoms with Crippen LogP contribution in [-0.2, 0) is 6.42 Å².